The molecule has 1 aliphatic carbocycles. The highest BCUT2D eigenvalue weighted by molar-refractivity contribution is 5.43. The molecule has 0 amide bonds. The highest BCUT2D eigenvalue weighted by atomic mass is 14.9. The average Bonchev–Trinajstić information content (AvgIpc) is 3.31. The van der Waals surface area contributed by atoms with Gasteiger partial charge in [-0.15, -0.1) is 0 Å². The quantitative estimate of drug-likeness (QED) is 0.837. The van der Waals surface area contributed by atoms with Crippen molar-refractivity contribution >= 4 is 0 Å². The third kappa shape index (κ3) is 2.51. The second-order valence-electron chi connectivity index (χ2n) is 6.30. The maximum atomic E-state index is 3.77. The van der Waals surface area contributed by atoms with Gasteiger partial charge in [-0.3, -0.25) is 0 Å². The van der Waals surface area contributed by atoms with E-state index >= 15 is 0 Å². The standard InChI is InChI=1S/C20H25N/c1-4-21-19(18-12-8-9-15(2)16(18)3)20(13-14-20)17-10-6-5-7-11-17/h5-12,19,21H,4,13-14H2,1-3H3. The molecule has 0 saturated heterocycles. The van der Waals surface area contributed by atoms with Gasteiger partial charge in [0.25, 0.3) is 0 Å². The summed E-state index contributed by atoms with van der Waals surface area (Å²) in [5, 5.41) is 3.77. The van der Waals surface area contributed by atoms with Crippen molar-refractivity contribution in [2.24, 2.45) is 0 Å². The van der Waals surface area contributed by atoms with Crippen LogP contribution in [0.5, 0.6) is 0 Å². The predicted octanol–water partition coefficient (Wildman–Crippen LogP) is 4.69. The van der Waals surface area contributed by atoms with Gasteiger partial charge in [0.2, 0.25) is 0 Å². The van der Waals surface area contributed by atoms with Gasteiger partial charge in [-0.2, -0.15) is 0 Å². The van der Waals surface area contributed by atoms with Crippen LogP contribution in [0, 0.1) is 13.8 Å². The number of benzene rings is 2. The molecule has 110 valence electrons. The first kappa shape index (κ1) is 14.3. The first-order valence-electron chi connectivity index (χ1n) is 8.04. The molecule has 0 aromatic heterocycles. The lowest BCUT2D eigenvalue weighted by atomic mass is 9.81. The van der Waals surface area contributed by atoms with Crippen molar-refractivity contribution in [3.63, 3.8) is 0 Å². The fourth-order valence-corrected chi connectivity index (χ4v) is 3.54. The lowest BCUT2D eigenvalue weighted by molar-refractivity contribution is 0.437. The van der Waals surface area contributed by atoms with E-state index in [-0.39, 0.29) is 5.41 Å². The van der Waals surface area contributed by atoms with E-state index in [2.05, 4.69) is 74.6 Å². The molecular formula is C20H25N. The van der Waals surface area contributed by atoms with E-state index < -0.39 is 0 Å². The molecule has 1 fully saturated rings. The van der Waals surface area contributed by atoms with Gasteiger partial charge in [0.1, 0.15) is 0 Å². The third-order valence-electron chi connectivity index (χ3n) is 5.06. The predicted molar refractivity (Wildman–Crippen MR) is 89.7 cm³/mol. The third-order valence-corrected chi connectivity index (χ3v) is 5.06. The number of nitrogens with one attached hydrogen (secondary N) is 1. The maximum absolute atomic E-state index is 3.77. The van der Waals surface area contributed by atoms with Crippen LogP contribution in [0.2, 0.25) is 0 Å². The zero-order chi connectivity index (χ0) is 14.9. The Morgan fingerprint density at radius 2 is 1.71 bits per heavy atom. The monoisotopic (exact) mass is 279 g/mol. The molecule has 1 aliphatic rings. The lowest BCUT2D eigenvalue weighted by Gasteiger charge is -2.30. The number of hydrogen-bond acceptors (Lipinski definition) is 1. The van der Waals surface area contributed by atoms with E-state index in [1.807, 2.05) is 0 Å². The van der Waals surface area contributed by atoms with E-state index in [1.165, 1.54) is 35.1 Å². The van der Waals surface area contributed by atoms with Gasteiger partial charge in [0, 0.05) is 11.5 Å². The minimum Gasteiger partial charge on any atom is -0.309 e. The molecule has 2 aromatic rings. The van der Waals surface area contributed by atoms with E-state index in [0.29, 0.717) is 6.04 Å². The van der Waals surface area contributed by atoms with Gasteiger partial charge in [-0.05, 0) is 55.5 Å². The van der Waals surface area contributed by atoms with Crippen molar-refractivity contribution in [2.75, 3.05) is 6.54 Å². The highest BCUT2D eigenvalue weighted by Gasteiger charge is 2.51. The summed E-state index contributed by atoms with van der Waals surface area (Å²) >= 11 is 0. The first-order valence-corrected chi connectivity index (χ1v) is 8.04. The molecule has 1 heteroatoms. The van der Waals surface area contributed by atoms with Crippen molar-refractivity contribution in [1.29, 1.82) is 0 Å². The summed E-state index contributed by atoms with van der Waals surface area (Å²) in [6.07, 6.45) is 2.56. The summed E-state index contributed by atoms with van der Waals surface area (Å²) in [4.78, 5) is 0. The van der Waals surface area contributed by atoms with Crippen molar-refractivity contribution in [3.05, 3.63) is 70.8 Å². The highest BCUT2D eigenvalue weighted by Crippen LogP contribution is 2.56. The summed E-state index contributed by atoms with van der Waals surface area (Å²) in [7, 11) is 0. The minimum absolute atomic E-state index is 0.288. The second-order valence-corrected chi connectivity index (χ2v) is 6.30. The molecular weight excluding hydrogens is 254 g/mol. The fourth-order valence-electron chi connectivity index (χ4n) is 3.54. The summed E-state index contributed by atoms with van der Waals surface area (Å²) < 4.78 is 0. The molecule has 0 aliphatic heterocycles. The molecule has 1 unspecified atom stereocenters. The molecule has 3 rings (SSSR count). The first-order chi connectivity index (χ1) is 10.2. The smallest absolute Gasteiger partial charge is 0.0420 e. The molecule has 0 bridgehead atoms. The van der Waals surface area contributed by atoms with Gasteiger partial charge in [-0.25, -0.2) is 0 Å². The SMILES string of the molecule is CCNC(c1cccc(C)c1C)C1(c2ccccc2)CC1. The van der Waals surface area contributed by atoms with Gasteiger partial charge >= 0.3 is 0 Å². The fraction of sp³-hybridized carbons (Fsp3) is 0.400. The van der Waals surface area contributed by atoms with Gasteiger partial charge in [0.05, 0.1) is 0 Å². The molecule has 1 nitrogen and oxygen atoms in total. The zero-order valence-corrected chi connectivity index (χ0v) is 13.3. The van der Waals surface area contributed by atoms with Crippen LogP contribution in [0.4, 0.5) is 0 Å². The van der Waals surface area contributed by atoms with Gasteiger partial charge < -0.3 is 5.32 Å². The second kappa shape index (κ2) is 5.65. The van der Waals surface area contributed by atoms with Gasteiger partial charge in [0.15, 0.2) is 0 Å². The van der Waals surface area contributed by atoms with Crippen molar-refractivity contribution < 1.29 is 0 Å². The van der Waals surface area contributed by atoms with Crippen LogP contribution in [0.3, 0.4) is 0 Å². The summed E-state index contributed by atoms with van der Waals surface area (Å²) in [6.45, 7) is 7.69. The Labute approximate surface area is 128 Å². The summed E-state index contributed by atoms with van der Waals surface area (Å²) in [5.41, 5.74) is 6.07. The molecule has 0 radical (unpaired) electrons. The van der Waals surface area contributed by atoms with Crippen LogP contribution in [-0.2, 0) is 5.41 Å². The van der Waals surface area contributed by atoms with Crippen molar-refractivity contribution in [2.45, 2.75) is 45.1 Å². The summed E-state index contributed by atoms with van der Waals surface area (Å²) in [6, 6.07) is 18.2. The zero-order valence-electron chi connectivity index (χ0n) is 13.3. The van der Waals surface area contributed by atoms with E-state index in [9.17, 15) is 0 Å². The molecule has 21 heavy (non-hydrogen) atoms. The molecule has 0 spiro atoms. The topological polar surface area (TPSA) is 12.0 Å². The van der Waals surface area contributed by atoms with Crippen LogP contribution in [-0.4, -0.2) is 6.54 Å². The lowest BCUT2D eigenvalue weighted by Crippen LogP contribution is -2.32. The van der Waals surface area contributed by atoms with Crippen LogP contribution in [0.1, 0.15) is 48.1 Å². The Balaban J connectivity index is 2.05. The summed E-state index contributed by atoms with van der Waals surface area (Å²) in [5.74, 6) is 0. The Hall–Kier alpha value is -1.60. The number of hydrogen-bond donors (Lipinski definition) is 1. The Morgan fingerprint density at radius 1 is 1.00 bits per heavy atom. The van der Waals surface area contributed by atoms with E-state index in [4.69, 9.17) is 0 Å². The largest absolute Gasteiger partial charge is 0.309 e. The van der Waals surface area contributed by atoms with Crippen LogP contribution in [0.15, 0.2) is 48.5 Å². The molecule has 1 N–H and O–H groups in total. The molecule has 1 atom stereocenters. The normalized spacial score (nSPS) is 17.5. The van der Waals surface area contributed by atoms with Crippen LogP contribution >= 0.6 is 0 Å². The molecule has 0 heterocycles. The number of likely N-dealkylation sites (N-methyl/N-ethyl adjacent to an activating group) is 1. The van der Waals surface area contributed by atoms with Crippen LogP contribution in [0.25, 0.3) is 0 Å². The van der Waals surface area contributed by atoms with E-state index in [0.717, 1.165) is 6.54 Å². The van der Waals surface area contributed by atoms with Crippen LogP contribution < -0.4 is 5.32 Å². The molecule has 1 saturated carbocycles. The Bertz CT molecular complexity index is 611. The number of rotatable bonds is 5. The average molecular weight is 279 g/mol. The Kier molecular flexibility index (Phi) is 3.86. The minimum atomic E-state index is 0.288. The van der Waals surface area contributed by atoms with Gasteiger partial charge in [-0.1, -0.05) is 55.5 Å². The van der Waals surface area contributed by atoms with Crippen molar-refractivity contribution in [3.8, 4) is 0 Å². The Morgan fingerprint density at radius 3 is 2.33 bits per heavy atom. The van der Waals surface area contributed by atoms with E-state index in [1.54, 1.807) is 0 Å². The molecule has 2 aromatic carbocycles. The maximum Gasteiger partial charge on any atom is 0.0420 e. The van der Waals surface area contributed by atoms with Crippen molar-refractivity contribution in [1.82, 2.24) is 5.32 Å². The number of aryl methyl sites for hydroxylation is 1.